The summed E-state index contributed by atoms with van der Waals surface area (Å²) in [6, 6.07) is 7.85. The van der Waals surface area contributed by atoms with Gasteiger partial charge in [0.05, 0.1) is 12.1 Å². The summed E-state index contributed by atoms with van der Waals surface area (Å²) in [6.45, 7) is 1.02. The van der Waals surface area contributed by atoms with Gasteiger partial charge in [-0.15, -0.1) is 0 Å². The van der Waals surface area contributed by atoms with E-state index >= 15 is 0 Å². The van der Waals surface area contributed by atoms with Crippen LogP contribution in [0.5, 0.6) is 0 Å². The highest BCUT2D eigenvalue weighted by Gasteiger charge is 2.29. The van der Waals surface area contributed by atoms with Crippen molar-refractivity contribution in [1.82, 2.24) is 4.90 Å². The van der Waals surface area contributed by atoms with Gasteiger partial charge in [-0.1, -0.05) is 18.2 Å². The van der Waals surface area contributed by atoms with E-state index in [0.717, 1.165) is 30.6 Å². The lowest BCUT2D eigenvalue weighted by Crippen LogP contribution is -2.39. The zero-order valence-corrected chi connectivity index (χ0v) is 9.06. The standard InChI is InChI=1S/C12H18N2O/c1-14-8-4-7-11(15)12(14)9-5-2-3-6-10(9)13/h2-3,5-6,11-12,15H,4,7-8,13H2,1H3. The molecular weight excluding hydrogens is 188 g/mol. The molecular formula is C12H18N2O. The Balaban J connectivity index is 2.31. The number of benzene rings is 1. The molecule has 1 heterocycles. The van der Waals surface area contributed by atoms with E-state index in [2.05, 4.69) is 4.90 Å². The normalized spacial score (nSPS) is 27.9. The number of likely N-dealkylation sites (tertiary alicyclic amines) is 1. The van der Waals surface area contributed by atoms with Gasteiger partial charge in [-0.05, 0) is 38.1 Å². The van der Waals surface area contributed by atoms with Crippen LogP contribution >= 0.6 is 0 Å². The molecule has 82 valence electrons. The van der Waals surface area contributed by atoms with Gasteiger partial charge in [0.25, 0.3) is 0 Å². The summed E-state index contributed by atoms with van der Waals surface area (Å²) in [7, 11) is 2.04. The Labute approximate surface area is 90.5 Å². The second-order valence-electron chi connectivity index (χ2n) is 4.26. The highest BCUT2D eigenvalue weighted by molar-refractivity contribution is 5.48. The third-order valence-corrected chi connectivity index (χ3v) is 3.16. The number of likely N-dealkylation sites (N-methyl/N-ethyl adjacent to an activating group) is 1. The van der Waals surface area contributed by atoms with Crippen molar-refractivity contribution in [2.45, 2.75) is 25.0 Å². The van der Waals surface area contributed by atoms with E-state index < -0.39 is 0 Å². The van der Waals surface area contributed by atoms with Gasteiger partial charge in [-0.25, -0.2) is 0 Å². The molecule has 1 saturated heterocycles. The first-order valence-electron chi connectivity index (χ1n) is 5.43. The highest BCUT2D eigenvalue weighted by Crippen LogP contribution is 2.32. The van der Waals surface area contributed by atoms with Crippen molar-refractivity contribution in [3.63, 3.8) is 0 Å². The summed E-state index contributed by atoms with van der Waals surface area (Å²) in [6.07, 6.45) is 1.62. The molecule has 0 aliphatic carbocycles. The molecule has 0 bridgehead atoms. The van der Waals surface area contributed by atoms with Crippen LogP contribution < -0.4 is 5.73 Å². The Morgan fingerprint density at radius 3 is 2.80 bits per heavy atom. The molecule has 1 aromatic carbocycles. The molecule has 2 rings (SSSR count). The molecule has 0 amide bonds. The fourth-order valence-corrected chi connectivity index (χ4v) is 2.37. The van der Waals surface area contributed by atoms with E-state index in [0.29, 0.717) is 0 Å². The number of aliphatic hydroxyl groups is 1. The predicted octanol–water partition coefficient (Wildman–Crippen LogP) is 1.40. The van der Waals surface area contributed by atoms with Gasteiger partial charge < -0.3 is 10.8 Å². The maximum absolute atomic E-state index is 10.0. The number of piperidine rings is 1. The summed E-state index contributed by atoms with van der Waals surface area (Å²) in [4.78, 5) is 2.18. The minimum Gasteiger partial charge on any atom is -0.398 e. The van der Waals surface area contributed by atoms with Crippen molar-refractivity contribution in [2.75, 3.05) is 19.3 Å². The number of hydrogen-bond acceptors (Lipinski definition) is 3. The van der Waals surface area contributed by atoms with Crippen molar-refractivity contribution in [3.8, 4) is 0 Å². The fourth-order valence-electron chi connectivity index (χ4n) is 2.37. The number of anilines is 1. The monoisotopic (exact) mass is 206 g/mol. The number of hydrogen-bond donors (Lipinski definition) is 2. The van der Waals surface area contributed by atoms with E-state index in [4.69, 9.17) is 5.73 Å². The number of aliphatic hydroxyl groups excluding tert-OH is 1. The Bertz CT molecular complexity index is 330. The van der Waals surface area contributed by atoms with Crippen LogP contribution in [0.25, 0.3) is 0 Å². The van der Waals surface area contributed by atoms with E-state index in [1.54, 1.807) is 0 Å². The molecule has 0 spiro atoms. The number of para-hydroxylation sites is 1. The van der Waals surface area contributed by atoms with Crippen molar-refractivity contribution < 1.29 is 5.11 Å². The third-order valence-electron chi connectivity index (χ3n) is 3.16. The lowest BCUT2D eigenvalue weighted by Gasteiger charge is -2.37. The molecule has 1 fully saturated rings. The third kappa shape index (κ3) is 1.98. The largest absolute Gasteiger partial charge is 0.398 e. The van der Waals surface area contributed by atoms with Crippen LogP contribution in [0.1, 0.15) is 24.4 Å². The number of nitrogens with two attached hydrogens (primary N) is 1. The molecule has 3 nitrogen and oxygen atoms in total. The lowest BCUT2D eigenvalue weighted by atomic mass is 9.92. The quantitative estimate of drug-likeness (QED) is 0.683. The Morgan fingerprint density at radius 1 is 1.40 bits per heavy atom. The first-order valence-corrected chi connectivity index (χ1v) is 5.43. The SMILES string of the molecule is CN1CCCC(O)C1c1ccccc1N. The van der Waals surface area contributed by atoms with Crippen LogP contribution in [0.2, 0.25) is 0 Å². The van der Waals surface area contributed by atoms with Gasteiger partial charge in [0.15, 0.2) is 0 Å². The van der Waals surface area contributed by atoms with Crippen molar-refractivity contribution in [3.05, 3.63) is 29.8 Å². The van der Waals surface area contributed by atoms with E-state index in [1.165, 1.54) is 0 Å². The molecule has 1 aromatic rings. The van der Waals surface area contributed by atoms with Gasteiger partial charge in [-0.3, -0.25) is 4.90 Å². The second-order valence-corrected chi connectivity index (χ2v) is 4.26. The fraction of sp³-hybridized carbons (Fsp3) is 0.500. The maximum atomic E-state index is 10.0. The van der Waals surface area contributed by atoms with Crippen LogP contribution in [0.3, 0.4) is 0 Å². The molecule has 0 aromatic heterocycles. The number of rotatable bonds is 1. The molecule has 1 aliphatic heterocycles. The lowest BCUT2D eigenvalue weighted by molar-refractivity contribution is 0.0245. The van der Waals surface area contributed by atoms with Gasteiger partial charge in [-0.2, -0.15) is 0 Å². The molecule has 0 saturated carbocycles. The van der Waals surface area contributed by atoms with Gasteiger partial charge in [0, 0.05) is 5.69 Å². The smallest absolute Gasteiger partial charge is 0.0738 e. The summed E-state index contributed by atoms with van der Waals surface area (Å²) in [5.74, 6) is 0. The van der Waals surface area contributed by atoms with Gasteiger partial charge >= 0.3 is 0 Å². The van der Waals surface area contributed by atoms with E-state index in [1.807, 2.05) is 31.3 Å². The van der Waals surface area contributed by atoms with Gasteiger partial charge in [0.2, 0.25) is 0 Å². The van der Waals surface area contributed by atoms with Crippen molar-refractivity contribution in [2.24, 2.45) is 0 Å². The average Bonchev–Trinajstić information content (AvgIpc) is 2.20. The molecule has 0 radical (unpaired) electrons. The Morgan fingerprint density at radius 2 is 2.13 bits per heavy atom. The summed E-state index contributed by atoms with van der Waals surface area (Å²) in [5.41, 5.74) is 7.76. The number of nitrogens with zero attached hydrogens (tertiary/aromatic N) is 1. The molecule has 2 unspecified atom stereocenters. The minimum absolute atomic E-state index is 0.0555. The minimum atomic E-state index is -0.298. The molecule has 3 N–H and O–H groups in total. The summed E-state index contributed by atoms with van der Waals surface area (Å²) < 4.78 is 0. The van der Waals surface area contributed by atoms with Crippen LogP contribution in [0.15, 0.2) is 24.3 Å². The molecule has 1 aliphatic rings. The first-order chi connectivity index (χ1) is 7.20. The van der Waals surface area contributed by atoms with E-state index in [-0.39, 0.29) is 12.1 Å². The maximum Gasteiger partial charge on any atom is 0.0738 e. The van der Waals surface area contributed by atoms with Crippen LogP contribution in [0, 0.1) is 0 Å². The second kappa shape index (κ2) is 4.21. The summed E-state index contributed by atoms with van der Waals surface area (Å²) >= 11 is 0. The first kappa shape index (κ1) is 10.5. The van der Waals surface area contributed by atoms with Crippen LogP contribution in [0.4, 0.5) is 5.69 Å². The van der Waals surface area contributed by atoms with Gasteiger partial charge in [0.1, 0.15) is 0 Å². The number of nitrogen functional groups attached to an aromatic ring is 1. The van der Waals surface area contributed by atoms with Crippen LogP contribution in [-0.2, 0) is 0 Å². The Kier molecular flexibility index (Phi) is 2.93. The molecule has 15 heavy (non-hydrogen) atoms. The average molecular weight is 206 g/mol. The predicted molar refractivity (Wildman–Crippen MR) is 61.5 cm³/mol. The van der Waals surface area contributed by atoms with Crippen LogP contribution in [-0.4, -0.2) is 29.7 Å². The highest BCUT2D eigenvalue weighted by atomic mass is 16.3. The topological polar surface area (TPSA) is 49.5 Å². The van der Waals surface area contributed by atoms with Crippen molar-refractivity contribution in [1.29, 1.82) is 0 Å². The molecule has 2 atom stereocenters. The zero-order valence-electron chi connectivity index (χ0n) is 9.06. The molecule has 3 heteroatoms. The Hall–Kier alpha value is -1.06. The zero-order chi connectivity index (χ0) is 10.8. The summed E-state index contributed by atoms with van der Waals surface area (Å²) in [5, 5.41) is 10.0. The van der Waals surface area contributed by atoms with Crippen molar-refractivity contribution >= 4 is 5.69 Å². The van der Waals surface area contributed by atoms with E-state index in [9.17, 15) is 5.11 Å².